The number of hydrogen-bond acceptors (Lipinski definition) is 9. The molecule has 9 nitrogen and oxygen atoms in total. The Labute approximate surface area is 230 Å². The van der Waals surface area contributed by atoms with Gasteiger partial charge in [0.25, 0.3) is 0 Å². The van der Waals surface area contributed by atoms with Crippen molar-refractivity contribution in [1.82, 2.24) is 14.9 Å². The van der Waals surface area contributed by atoms with Gasteiger partial charge < -0.3 is 24.8 Å². The maximum atomic E-state index is 12.4. The van der Waals surface area contributed by atoms with Crippen molar-refractivity contribution >= 4 is 46.1 Å². The molecule has 0 spiro atoms. The summed E-state index contributed by atoms with van der Waals surface area (Å²) in [7, 11) is 0. The predicted molar refractivity (Wildman–Crippen MR) is 149 cm³/mol. The average molecular weight is 557 g/mol. The molecule has 3 heterocycles. The first kappa shape index (κ1) is 27.7. The van der Waals surface area contributed by atoms with Crippen LogP contribution in [0, 0.1) is 12.8 Å². The van der Waals surface area contributed by atoms with E-state index >= 15 is 0 Å². The van der Waals surface area contributed by atoms with Crippen LogP contribution < -0.4 is 10.1 Å². The molecule has 1 fully saturated rings. The zero-order valence-electron chi connectivity index (χ0n) is 21.8. The number of pyridine rings is 1. The minimum atomic E-state index is -0.892. The average Bonchev–Trinajstić information content (AvgIpc) is 3.28. The van der Waals surface area contributed by atoms with Gasteiger partial charge in [0.1, 0.15) is 16.6 Å². The Balaban J connectivity index is 1.49. The summed E-state index contributed by atoms with van der Waals surface area (Å²) >= 11 is 2.71. The molecule has 4 rings (SSSR count). The number of ether oxygens (including phenoxy) is 2. The van der Waals surface area contributed by atoms with Crippen LogP contribution in [0.2, 0.25) is 0 Å². The summed E-state index contributed by atoms with van der Waals surface area (Å²) in [4.78, 5) is 36.0. The van der Waals surface area contributed by atoms with Crippen LogP contribution >= 0.6 is 23.1 Å². The van der Waals surface area contributed by atoms with Crippen LogP contribution in [-0.2, 0) is 9.53 Å². The molecule has 11 heteroatoms. The molecule has 0 bridgehead atoms. The number of anilines is 2. The van der Waals surface area contributed by atoms with Gasteiger partial charge in [-0.1, -0.05) is 18.2 Å². The molecule has 1 unspecified atom stereocenters. The Morgan fingerprint density at radius 3 is 2.53 bits per heavy atom. The molecule has 202 valence electrons. The number of thioether (sulfide) groups is 1. The molecule has 2 N–H and O–H groups in total. The van der Waals surface area contributed by atoms with Crippen molar-refractivity contribution in [3.8, 4) is 11.5 Å². The number of carboxylic acids is 1. The molecule has 38 heavy (non-hydrogen) atoms. The zero-order valence-corrected chi connectivity index (χ0v) is 23.5. The first-order chi connectivity index (χ1) is 18.1. The number of carbonyl (C=O) groups is 2. The number of nitrogens with one attached hydrogen (secondary N) is 1. The number of aromatic nitrogens is 2. The van der Waals surface area contributed by atoms with Gasteiger partial charge in [0.2, 0.25) is 0 Å². The van der Waals surface area contributed by atoms with Crippen molar-refractivity contribution in [2.75, 3.05) is 18.4 Å². The lowest BCUT2D eigenvalue weighted by atomic mass is 9.93. The number of nitrogens with zero attached hydrogens (tertiary/aromatic N) is 3. The number of thiazole rings is 1. The topological polar surface area (TPSA) is 114 Å². The highest BCUT2D eigenvalue weighted by Gasteiger charge is 2.35. The van der Waals surface area contributed by atoms with Gasteiger partial charge in [0, 0.05) is 29.6 Å². The lowest BCUT2D eigenvalue weighted by molar-refractivity contribution is -0.137. The summed E-state index contributed by atoms with van der Waals surface area (Å²) in [6, 6.07) is 11.1. The van der Waals surface area contributed by atoms with Crippen LogP contribution in [0.15, 0.2) is 52.9 Å². The van der Waals surface area contributed by atoms with Crippen LogP contribution in [0.25, 0.3) is 0 Å². The molecule has 1 aliphatic heterocycles. The van der Waals surface area contributed by atoms with E-state index in [1.807, 2.05) is 63.4 Å². The fourth-order valence-corrected chi connectivity index (χ4v) is 5.83. The molecule has 0 aliphatic carbocycles. The van der Waals surface area contributed by atoms with E-state index in [9.17, 15) is 14.7 Å². The van der Waals surface area contributed by atoms with Crippen molar-refractivity contribution in [1.29, 1.82) is 0 Å². The van der Waals surface area contributed by atoms with E-state index in [0.29, 0.717) is 53.3 Å². The van der Waals surface area contributed by atoms with Gasteiger partial charge in [-0.2, -0.15) is 0 Å². The lowest BCUT2D eigenvalue weighted by Gasteiger charge is -2.35. The van der Waals surface area contributed by atoms with Gasteiger partial charge >= 0.3 is 12.1 Å². The third-order valence-corrected chi connectivity index (χ3v) is 7.98. The van der Waals surface area contributed by atoms with Gasteiger partial charge in [-0.3, -0.25) is 4.79 Å². The number of carboxylic acid groups (broad SMARTS) is 1. The first-order valence-corrected chi connectivity index (χ1v) is 14.1. The second kappa shape index (κ2) is 12.0. The van der Waals surface area contributed by atoms with Crippen molar-refractivity contribution in [2.24, 2.45) is 5.92 Å². The Kier molecular flexibility index (Phi) is 8.78. The quantitative estimate of drug-likeness (QED) is 0.297. The number of carbonyl (C=O) groups excluding carboxylic acids is 1. The fourth-order valence-electron chi connectivity index (χ4n) is 4.00. The lowest BCUT2D eigenvalue weighted by Crippen LogP contribution is -2.44. The highest BCUT2D eigenvalue weighted by molar-refractivity contribution is 8.00. The fraction of sp³-hybridized carbons (Fsp3) is 0.407. The van der Waals surface area contributed by atoms with E-state index < -0.39 is 16.8 Å². The molecule has 1 aliphatic rings. The number of aliphatic carboxylic acids is 1. The Morgan fingerprint density at radius 2 is 1.92 bits per heavy atom. The van der Waals surface area contributed by atoms with E-state index in [0.717, 1.165) is 5.69 Å². The van der Waals surface area contributed by atoms with E-state index in [4.69, 9.17) is 9.47 Å². The summed E-state index contributed by atoms with van der Waals surface area (Å²) in [5, 5.41) is 15.2. The second-order valence-corrected chi connectivity index (χ2v) is 12.1. The smallest absolute Gasteiger partial charge is 0.410 e. The predicted octanol–water partition coefficient (Wildman–Crippen LogP) is 6.57. The minimum Gasteiger partial charge on any atom is -0.480 e. The Hall–Kier alpha value is -3.31. The third kappa shape index (κ3) is 7.61. The Morgan fingerprint density at radius 1 is 1.21 bits per heavy atom. The largest absolute Gasteiger partial charge is 0.480 e. The van der Waals surface area contributed by atoms with Crippen molar-refractivity contribution < 1.29 is 24.2 Å². The van der Waals surface area contributed by atoms with Crippen molar-refractivity contribution in [3.05, 3.63) is 53.7 Å². The highest BCUT2D eigenvalue weighted by Crippen LogP contribution is 2.38. The van der Waals surface area contributed by atoms with Crippen LogP contribution in [-0.4, -0.2) is 56.0 Å². The van der Waals surface area contributed by atoms with Crippen molar-refractivity contribution in [3.63, 3.8) is 0 Å². The molecule has 2 aromatic heterocycles. The van der Waals surface area contributed by atoms with Crippen LogP contribution in [0.5, 0.6) is 11.5 Å². The number of para-hydroxylation sites is 1. The summed E-state index contributed by atoms with van der Waals surface area (Å²) in [5.41, 5.74) is 0.330. The van der Waals surface area contributed by atoms with Gasteiger partial charge in [-0.05, 0) is 64.7 Å². The standard InChI is InChI=1S/C27H32N4O5S2/c1-17-16-37-25(29-17)30-23-21(35-19-8-6-5-7-9-19)14-20(15-28-23)38-22(24(32)33)18-10-12-31(13-11-18)26(34)36-27(2,3)4/h5-9,14-16,18,22H,10-13H2,1-4H3,(H,32,33)(H,28,29,30). The normalized spacial score (nSPS) is 15.1. The molecule has 0 saturated carbocycles. The Bertz CT molecular complexity index is 1250. The van der Waals surface area contributed by atoms with E-state index in [1.165, 1.54) is 23.1 Å². The maximum Gasteiger partial charge on any atom is 0.410 e. The van der Waals surface area contributed by atoms with E-state index in [1.54, 1.807) is 17.2 Å². The van der Waals surface area contributed by atoms with Gasteiger partial charge in [-0.15, -0.1) is 23.1 Å². The van der Waals surface area contributed by atoms with Crippen LogP contribution in [0.1, 0.15) is 39.3 Å². The number of hydrogen-bond donors (Lipinski definition) is 2. The van der Waals surface area contributed by atoms with Crippen LogP contribution in [0.4, 0.5) is 15.7 Å². The number of rotatable bonds is 8. The molecular weight excluding hydrogens is 524 g/mol. The number of benzene rings is 1. The number of amides is 1. The maximum absolute atomic E-state index is 12.4. The number of likely N-dealkylation sites (tertiary alicyclic amines) is 1. The summed E-state index contributed by atoms with van der Waals surface area (Å²) in [6.45, 7) is 8.33. The number of piperidine rings is 1. The van der Waals surface area contributed by atoms with Crippen LogP contribution in [0.3, 0.4) is 0 Å². The zero-order chi connectivity index (χ0) is 27.3. The van der Waals surface area contributed by atoms with Gasteiger partial charge in [0.05, 0.1) is 5.69 Å². The van der Waals surface area contributed by atoms with Gasteiger partial charge in [0.15, 0.2) is 16.7 Å². The molecule has 1 atom stereocenters. The summed E-state index contributed by atoms with van der Waals surface area (Å²) < 4.78 is 11.6. The summed E-state index contributed by atoms with van der Waals surface area (Å²) in [6.07, 6.45) is 2.44. The highest BCUT2D eigenvalue weighted by atomic mass is 32.2. The molecule has 3 aromatic rings. The van der Waals surface area contributed by atoms with E-state index in [2.05, 4.69) is 15.3 Å². The van der Waals surface area contributed by atoms with Crippen molar-refractivity contribution in [2.45, 2.75) is 56.3 Å². The molecule has 1 saturated heterocycles. The molecule has 0 radical (unpaired) electrons. The third-order valence-electron chi connectivity index (χ3n) is 5.77. The van der Waals surface area contributed by atoms with E-state index in [-0.39, 0.29) is 12.0 Å². The minimum absolute atomic E-state index is 0.106. The first-order valence-electron chi connectivity index (χ1n) is 12.4. The summed E-state index contributed by atoms with van der Waals surface area (Å²) in [5.74, 6) is 0.602. The SMILES string of the molecule is Cc1csc(Nc2ncc(SC(C(=O)O)C3CCN(C(=O)OC(C)(C)C)CC3)cc2Oc2ccccc2)n1. The molecule has 1 aromatic carbocycles. The number of aryl methyl sites for hydroxylation is 1. The second-order valence-electron chi connectivity index (χ2n) is 10.0. The molecular formula is C27H32N4O5S2. The molecule has 1 amide bonds. The van der Waals surface area contributed by atoms with Gasteiger partial charge in [-0.25, -0.2) is 14.8 Å². The monoisotopic (exact) mass is 556 g/mol.